The van der Waals surface area contributed by atoms with Crippen LogP contribution in [0.4, 0.5) is 0 Å². The number of hydrogen-bond donors (Lipinski definition) is 1. The molecule has 1 heterocycles. The van der Waals surface area contributed by atoms with E-state index in [2.05, 4.69) is 13.8 Å². The number of hydrogen-bond acceptors (Lipinski definition) is 2. The molecule has 0 aromatic rings. The van der Waals surface area contributed by atoms with Gasteiger partial charge in [-0.2, -0.15) is 0 Å². The second-order valence-corrected chi connectivity index (χ2v) is 4.04. The van der Waals surface area contributed by atoms with Gasteiger partial charge in [0.25, 0.3) is 0 Å². The van der Waals surface area contributed by atoms with Crippen LogP contribution in [0, 0.1) is 17.8 Å². The normalized spacial score (nSPS) is 23.0. The number of aliphatic hydroxyl groups is 1. The van der Waals surface area contributed by atoms with Crippen molar-refractivity contribution >= 4 is 0 Å². The highest BCUT2D eigenvalue weighted by Gasteiger charge is 2.25. The largest absolute Gasteiger partial charge is 0.396 e. The summed E-state index contributed by atoms with van der Waals surface area (Å²) in [6.07, 6.45) is 2.26. The van der Waals surface area contributed by atoms with E-state index in [1.807, 2.05) is 0 Å². The monoisotopic (exact) mass is 172 g/mol. The van der Waals surface area contributed by atoms with E-state index >= 15 is 0 Å². The Balaban J connectivity index is 2.40. The molecule has 1 saturated heterocycles. The van der Waals surface area contributed by atoms with Crippen LogP contribution < -0.4 is 0 Å². The molecule has 0 saturated carbocycles. The Morgan fingerprint density at radius 1 is 1.33 bits per heavy atom. The van der Waals surface area contributed by atoms with Crippen molar-refractivity contribution in [1.82, 2.24) is 0 Å². The Hall–Kier alpha value is -0.0800. The molecule has 1 aliphatic rings. The Bertz CT molecular complexity index is 117. The maximum atomic E-state index is 9.21. The molecule has 1 unspecified atom stereocenters. The molecule has 1 N–H and O–H groups in total. The molecule has 1 atom stereocenters. The quantitative estimate of drug-likeness (QED) is 0.701. The van der Waals surface area contributed by atoms with Gasteiger partial charge >= 0.3 is 0 Å². The second kappa shape index (κ2) is 4.83. The fourth-order valence-electron chi connectivity index (χ4n) is 2.05. The van der Waals surface area contributed by atoms with E-state index in [-0.39, 0.29) is 0 Å². The molecule has 0 radical (unpaired) electrons. The number of ether oxygens (including phenoxy) is 1. The van der Waals surface area contributed by atoms with Crippen LogP contribution in [0.25, 0.3) is 0 Å². The van der Waals surface area contributed by atoms with Crippen molar-refractivity contribution in [2.75, 3.05) is 19.8 Å². The highest BCUT2D eigenvalue weighted by molar-refractivity contribution is 4.74. The van der Waals surface area contributed by atoms with Crippen molar-refractivity contribution in [1.29, 1.82) is 0 Å². The first kappa shape index (κ1) is 10.0. The Kier molecular flexibility index (Phi) is 4.02. The molecule has 0 spiro atoms. The van der Waals surface area contributed by atoms with Crippen molar-refractivity contribution in [2.24, 2.45) is 17.8 Å². The van der Waals surface area contributed by atoms with Crippen LogP contribution in [0.1, 0.15) is 26.7 Å². The molecule has 0 aliphatic carbocycles. The molecular weight excluding hydrogens is 152 g/mol. The predicted molar refractivity (Wildman–Crippen MR) is 49.0 cm³/mol. The van der Waals surface area contributed by atoms with E-state index in [1.54, 1.807) is 0 Å². The highest BCUT2D eigenvalue weighted by atomic mass is 16.5. The number of aliphatic hydroxyl groups excluding tert-OH is 1. The average Bonchev–Trinajstić information content (AvgIpc) is 2.07. The van der Waals surface area contributed by atoms with Crippen LogP contribution in [0.5, 0.6) is 0 Å². The lowest BCUT2D eigenvalue weighted by molar-refractivity contribution is 0.0208. The topological polar surface area (TPSA) is 29.5 Å². The van der Waals surface area contributed by atoms with Gasteiger partial charge in [-0.25, -0.2) is 0 Å². The first-order valence-electron chi connectivity index (χ1n) is 4.94. The summed E-state index contributed by atoms with van der Waals surface area (Å²) in [7, 11) is 0. The molecule has 0 aromatic carbocycles. The maximum Gasteiger partial charge on any atom is 0.0468 e. The molecule has 12 heavy (non-hydrogen) atoms. The van der Waals surface area contributed by atoms with Gasteiger partial charge in [0.05, 0.1) is 0 Å². The summed E-state index contributed by atoms with van der Waals surface area (Å²) >= 11 is 0. The third kappa shape index (κ3) is 2.46. The van der Waals surface area contributed by atoms with Gasteiger partial charge in [0.1, 0.15) is 0 Å². The van der Waals surface area contributed by atoms with Crippen LogP contribution in [0.15, 0.2) is 0 Å². The zero-order valence-electron chi connectivity index (χ0n) is 8.12. The Morgan fingerprint density at radius 2 is 1.92 bits per heavy atom. The van der Waals surface area contributed by atoms with Crippen LogP contribution in [0.3, 0.4) is 0 Å². The maximum absolute atomic E-state index is 9.21. The zero-order valence-corrected chi connectivity index (χ0v) is 8.12. The molecule has 0 aromatic heterocycles. The van der Waals surface area contributed by atoms with Gasteiger partial charge in [-0.3, -0.25) is 0 Å². The predicted octanol–water partition coefficient (Wildman–Crippen LogP) is 1.68. The molecule has 72 valence electrons. The van der Waals surface area contributed by atoms with Crippen molar-refractivity contribution in [3.05, 3.63) is 0 Å². The summed E-state index contributed by atoms with van der Waals surface area (Å²) in [6, 6.07) is 0. The van der Waals surface area contributed by atoms with Crippen molar-refractivity contribution in [2.45, 2.75) is 26.7 Å². The molecule has 1 aliphatic heterocycles. The van der Waals surface area contributed by atoms with E-state index in [0.29, 0.717) is 24.4 Å². The van der Waals surface area contributed by atoms with E-state index in [4.69, 9.17) is 4.74 Å². The average molecular weight is 172 g/mol. The lowest BCUT2D eigenvalue weighted by Gasteiger charge is -2.31. The van der Waals surface area contributed by atoms with Crippen LogP contribution in [0.2, 0.25) is 0 Å². The van der Waals surface area contributed by atoms with Crippen LogP contribution in [-0.4, -0.2) is 24.9 Å². The molecule has 0 bridgehead atoms. The summed E-state index contributed by atoms with van der Waals surface area (Å²) in [6.45, 7) is 6.48. The van der Waals surface area contributed by atoms with E-state index in [9.17, 15) is 5.11 Å². The van der Waals surface area contributed by atoms with Crippen LogP contribution >= 0.6 is 0 Å². The van der Waals surface area contributed by atoms with Gasteiger partial charge in [0.15, 0.2) is 0 Å². The fourth-order valence-corrected chi connectivity index (χ4v) is 2.05. The lowest BCUT2D eigenvalue weighted by Crippen LogP contribution is -2.29. The van der Waals surface area contributed by atoms with Crippen molar-refractivity contribution in [3.63, 3.8) is 0 Å². The van der Waals surface area contributed by atoms with Crippen molar-refractivity contribution < 1.29 is 9.84 Å². The van der Waals surface area contributed by atoms with Gasteiger partial charge in [0.2, 0.25) is 0 Å². The summed E-state index contributed by atoms with van der Waals surface area (Å²) < 4.78 is 5.29. The summed E-state index contributed by atoms with van der Waals surface area (Å²) in [4.78, 5) is 0. The van der Waals surface area contributed by atoms with Gasteiger partial charge in [-0.05, 0) is 30.6 Å². The Labute approximate surface area is 74.9 Å². The third-order valence-corrected chi connectivity index (χ3v) is 2.94. The molecule has 1 fully saturated rings. The minimum absolute atomic E-state index is 0.336. The zero-order chi connectivity index (χ0) is 8.97. The second-order valence-electron chi connectivity index (χ2n) is 4.04. The summed E-state index contributed by atoms with van der Waals surface area (Å²) in [5, 5.41) is 9.21. The SMILES string of the molecule is CC(C)C(CO)C1CCOCC1. The molecule has 1 rings (SSSR count). The van der Waals surface area contributed by atoms with Crippen molar-refractivity contribution in [3.8, 4) is 0 Å². The summed E-state index contributed by atoms with van der Waals surface area (Å²) in [5.74, 6) is 1.76. The van der Waals surface area contributed by atoms with E-state index in [1.165, 1.54) is 0 Å². The molecule has 2 nitrogen and oxygen atoms in total. The van der Waals surface area contributed by atoms with Crippen LogP contribution in [-0.2, 0) is 4.74 Å². The first-order chi connectivity index (χ1) is 5.75. The van der Waals surface area contributed by atoms with Gasteiger partial charge in [-0.1, -0.05) is 13.8 Å². The number of rotatable bonds is 3. The smallest absolute Gasteiger partial charge is 0.0468 e. The molecule has 2 heteroatoms. The summed E-state index contributed by atoms with van der Waals surface area (Å²) in [5.41, 5.74) is 0. The minimum atomic E-state index is 0.336. The van der Waals surface area contributed by atoms with E-state index in [0.717, 1.165) is 26.1 Å². The van der Waals surface area contributed by atoms with Gasteiger partial charge in [-0.15, -0.1) is 0 Å². The third-order valence-electron chi connectivity index (χ3n) is 2.94. The van der Waals surface area contributed by atoms with Gasteiger partial charge < -0.3 is 9.84 Å². The standard InChI is InChI=1S/C10H20O2/c1-8(2)10(7-11)9-3-5-12-6-4-9/h8-11H,3-7H2,1-2H3. The lowest BCUT2D eigenvalue weighted by atomic mass is 9.80. The molecular formula is C10H20O2. The minimum Gasteiger partial charge on any atom is -0.396 e. The van der Waals surface area contributed by atoms with E-state index < -0.39 is 0 Å². The first-order valence-corrected chi connectivity index (χ1v) is 4.94. The Morgan fingerprint density at radius 3 is 2.33 bits per heavy atom. The molecule has 0 amide bonds. The highest BCUT2D eigenvalue weighted by Crippen LogP contribution is 2.28. The van der Waals surface area contributed by atoms with Gasteiger partial charge in [0, 0.05) is 19.8 Å². The fraction of sp³-hybridized carbons (Fsp3) is 1.00.